The lowest BCUT2D eigenvalue weighted by Crippen LogP contribution is -2.33. The summed E-state index contributed by atoms with van der Waals surface area (Å²) in [6, 6.07) is 12.2. The predicted molar refractivity (Wildman–Crippen MR) is 98.9 cm³/mol. The van der Waals surface area contributed by atoms with E-state index in [2.05, 4.69) is 15.9 Å². The van der Waals surface area contributed by atoms with Crippen LogP contribution in [-0.4, -0.2) is 18.9 Å². The Hall–Kier alpha value is -2.52. The zero-order chi connectivity index (χ0) is 19.6. The molecule has 0 aliphatic heterocycles. The fourth-order valence-corrected chi connectivity index (χ4v) is 4.01. The Morgan fingerprint density at radius 3 is 2.15 bits per heavy atom. The molecule has 0 fully saturated rings. The van der Waals surface area contributed by atoms with E-state index < -0.39 is 32.5 Å². The van der Waals surface area contributed by atoms with Gasteiger partial charge in [-0.25, -0.2) is 21.9 Å². The second-order valence-electron chi connectivity index (χ2n) is 5.66. The van der Waals surface area contributed by atoms with Crippen LogP contribution in [0.25, 0.3) is 5.69 Å². The van der Waals surface area contributed by atoms with Gasteiger partial charge in [0, 0.05) is 22.6 Å². The Morgan fingerprint density at radius 1 is 1.04 bits per heavy atom. The number of rotatable bonds is 5. The van der Waals surface area contributed by atoms with Crippen molar-refractivity contribution < 1.29 is 22.0 Å². The molecule has 27 heavy (non-hydrogen) atoms. The Labute approximate surface area is 162 Å². The van der Waals surface area contributed by atoms with Gasteiger partial charge in [-0.1, -0.05) is 28.1 Å². The average Bonchev–Trinajstić information content (AvgIpc) is 3.07. The second-order valence-corrected chi connectivity index (χ2v) is 8.20. The van der Waals surface area contributed by atoms with Crippen molar-refractivity contribution in [3.05, 3.63) is 82.6 Å². The molecule has 0 atom stereocenters. The summed E-state index contributed by atoms with van der Waals surface area (Å²) in [6.07, 6.45) is 3.45. The lowest BCUT2D eigenvalue weighted by Gasteiger charge is -2.10. The average molecular weight is 455 g/mol. The molecule has 1 amide bonds. The molecular formula is C18H13BrF2N2O3S. The minimum Gasteiger partial charge on any atom is -0.324 e. The molecule has 0 aliphatic carbocycles. The molecule has 140 valence electrons. The quantitative estimate of drug-likeness (QED) is 0.640. The number of nitrogens with one attached hydrogen (secondary N) is 1. The normalized spacial score (nSPS) is 11.4. The van der Waals surface area contributed by atoms with Crippen LogP contribution >= 0.6 is 15.9 Å². The van der Waals surface area contributed by atoms with E-state index in [-0.39, 0.29) is 10.9 Å². The molecule has 3 aromatic rings. The number of nitrogens with zero attached hydrogens (tertiary/aromatic N) is 1. The molecule has 1 aromatic heterocycles. The summed E-state index contributed by atoms with van der Waals surface area (Å²) in [5, 5.41) is 0. The maximum Gasteiger partial charge on any atom is 0.269 e. The van der Waals surface area contributed by atoms with Gasteiger partial charge >= 0.3 is 0 Å². The Balaban J connectivity index is 1.74. The summed E-state index contributed by atoms with van der Waals surface area (Å²) in [5.74, 6) is -3.48. The molecule has 5 nitrogen and oxygen atoms in total. The van der Waals surface area contributed by atoms with Crippen LogP contribution in [0.5, 0.6) is 0 Å². The van der Waals surface area contributed by atoms with Crippen molar-refractivity contribution >= 4 is 31.9 Å². The highest BCUT2D eigenvalue weighted by Gasteiger charge is 2.26. The van der Waals surface area contributed by atoms with E-state index in [4.69, 9.17) is 0 Å². The molecule has 0 bridgehead atoms. The lowest BCUT2D eigenvalue weighted by molar-refractivity contribution is -0.118. The van der Waals surface area contributed by atoms with Gasteiger partial charge in [0.05, 0.1) is 6.42 Å². The van der Waals surface area contributed by atoms with Crippen molar-refractivity contribution in [3.8, 4) is 5.69 Å². The van der Waals surface area contributed by atoms with Crippen LogP contribution < -0.4 is 4.72 Å². The third-order valence-corrected chi connectivity index (χ3v) is 5.57. The number of hydrogen-bond acceptors (Lipinski definition) is 3. The summed E-state index contributed by atoms with van der Waals surface area (Å²) in [6.45, 7) is 0. The van der Waals surface area contributed by atoms with Gasteiger partial charge in [-0.3, -0.25) is 4.79 Å². The topological polar surface area (TPSA) is 68.2 Å². The first kappa shape index (κ1) is 19.2. The van der Waals surface area contributed by atoms with Crippen LogP contribution in [0.4, 0.5) is 8.78 Å². The Kier molecular flexibility index (Phi) is 5.43. The second kappa shape index (κ2) is 7.61. The van der Waals surface area contributed by atoms with Gasteiger partial charge in [0.2, 0.25) is 5.91 Å². The summed E-state index contributed by atoms with van der Waals surface area (Å²) in [5.41, 5.74) is 1.42. The van der Waals surface area contributed by atoms with Gasteiger partial charge in [0.1, 0.15) is 11.6 Å². The Morgan fingerprint density at radius 2 is 1.59 bits per heavy atom. The summed E-state index contributed by atoms with van der Waals surface area (Å²) in [4.78, 5) is 10.9. The highest BCUT2D eigenvalue weighted by molar-refractivity contribution is 9.10. The van der Waals surface area contributed by atoms with Gasteiger partial charge in [-0.2, -0.15) is 0 Å². The number of halogens is 3. The molecule has 2 aromatic carbocycles. The maximum atomic E-state index is 13.9. The van der Waals surface area contributed by atoms with Crippen molar-refractivity contribution in [2.24, 2.45) is 0 Å². The first-order valence-corrected chi connectivity index (χ1v) is 9.96. The monoisotopic (exact) mass is 454 g/mol. The molecule has 0 saturated carbocycles. The van der Waals surface area contributed by atoms with Gasteiger partial charge in [0.15, 0.2) is 4.90 Å². The first-order valence-electron chi connectivity index (χ1n) is 7.69. The fourth-order valence-electron chi connectivity index (χ4n) is 2.50. The van der Waals surface area contributed by atoms with E-state index >= 15 is 0 Å². The molecular weight excluding hydrogens is 442 g/mol. The number of hydrogen-bond donors (Lipinski definition) is 1. The number of benzene rings is 2. The minimum absolute atomic E-state index is 0.0468. The number of carbonyl (C=O) groups excluding carboxylic acids is 1. The first-order chi connectivity index (χ1) is 12.8. The van der Waals surface area contributed by atoms with Crippen molar-refractivity contribution in [2.75, 3.05) is 0 Å². The van der Waals surface area contributed by atoms with E-state index in [1.54, 1.807) is 29.0 Å². The summed E-state index contributed by atoms with van der Waals surface area (Å²) in [7, 11) is -4.68. The number of amides is 1. The van der Waals surface area contributed by atoms with E-state index in [0.29, 0.717) is 5.56 Å². The van der Waals surface area contributed by atoms with Crippen LogP contribution in [0.1, 0.15) is 5.56 Å². The van der Waals surface area contributed by atoms with E-state index in [1.165, 1.54) is 0 Å². The SMILES string of the molecule is O=C(Cc1ccc(-n2cccc2)cc1)NS(=O)(=O)c1c(F)cc(Br)cc1F. The van der Waals surface area contributed by atoms with Crippen molar-refractivity contribution in [2.45, 2.75) is 11.3 Å². The van der Waals surface area contributed by atoms with Crippen LogP contribution in [0.15, 0.2) is 70.3 Å². The molecule has 0 radical (unpaired) electrons. The third-order valence-electron chi connectivity index (χ3n) is 3.68. The third kappa shape index (κ3) is 4.42. The van der Waals surface area contributed by atoms with Crippen molar-refractivity contribution in [1.29, 1.82) is 0 Å². The maximum absolute atomic E-state index is 13.9. The van der Waals surface area contributed by atoms with Crippen molar-refractivity contribution in [1.82, 2.24) is 9.29 Å². The molecule has 0 saturated heterocycles. The minimum atomic E-state index is -4.68. The smallest absolute Gasteiger partial charge is 0.269 e. The van der Waals surface area contributed by atoms with E-state index in [1.807, 2.05) is 29.1 Å². The van der Waals surface area contributed by atoms with Crippen LogP contribution in [0, 0.1) is 11.6 Å². The van der Waals surface area contributed by atoms with Crippen LogP contribution in [0.2, 0.25) is 0 Å². The van der Waals surface area contributed by atoms with Crippen molar-refractivity contribution in [3.63, 3.8) is 0 Å². The molecule has 3 rings (SSSR count). The van der Waals surface area contributed by atoms with E-state index in [9.17, 15) is 22.0 Å². The predicted octanol–water partition coefficient (Wildman–Crippen LogP) is 3.57. The largest absolute Gasteiger partial charge is 0.324 e. The number of sulfonamides is 1. The molecule has 1 heterocycles. The number of aromatic nitrogens is 1. The summed E-state index contributed by atoms with van der Waals surface area (Å²) < 4.78 is 55.7. The highest BCUT2D eigenvalue weighted by Crippen LogP contribution is 2.23. The van der Waals surface area contributed by atoms with Crippen LogP contribution in [0.3, 0.4) is 0 Å². The van der Waals surface area contributed by atoms with Gasteiger partial charge in [-0.05, 0) is 42.0 Å². The standard InChI is InChI=1S/C18H13BrF2N2O3S/c19-13-10-15(20)18(16(21)11-13)27(25,26)22-17(24)9-12-3-5-14(6-4-12)23-7-1-2-8-23/h1-8,10-11H,9H2,(H,22,24). The molecule has 0 unspecified atom stereocenters. The zero-order valence-electron chi connectivity index (χ0n) is 13.7. The highest BCUT2D eigenvalue weighted by atomic mass is 79.9. The molecule has 0 aliphatic rings. The lowest BCUT2D eigenvalue weighted by atomic mass is 10.1. The molecule has 9 heteroatoms. The fraction of sp³-hybridized carbons (Fsp3) is 0.0556. The van der Waals surface area contributed by atoms with Gasteiger partial charge in [0.25, 0.3) is 10.0 Å². The summed E-state index contributed by atoms with van der Waals surface area (Å²) >= 11 is 2.87. The van der Waals surface area contributed by atoms with Gasteiger partial charge < -0.3 is 4.57 Å². The zero-order valence-corrected chi connectivity index (χ0v) is 16.1. The van der Waals surface area contributed by atoms with Crippen LogP contribution in [-0.2, 0) is 21.2 Å². The number of carbonyl (C=O) groups is 1. The Bertz CT molecular complexity index is 1060. The van der Waals surface area contributed by atoms with E-state index in [0.717, 1.165) is 17.8 Å². The molecule has 0 spiro atoms. The molecule has 1 N–H and O–H groups in total. The van der Waals surface area contributed by atoms with Gasteiger partial charge in [-0.15, -0.1) is 0 Å².